The van der Waals surface area contributed by atoms with Crippen LogP contribution in [0.5, 0.6) is 0 Å². The molecule has 4 nitrogen and oxygen atoms in total. The van der Waals surface area contributed by atoms with E-state index in [1.54, 1.807) is 12.1 Å². The van der Waals surface area contributed by atoms with Gasteiger partial charge in [0.15, 0.2) is 0 Å². The molecule has 2 atom stereocenters. The Morgan fingerprint density at radius 2 is 2.05 bits per heavy atom. The van der Waals surface area contributed by atoms with Gasteiger partial charge in [0.05, 0.1) is 11.0 Å². The summed E-state index contributed by atoms with van der Waals surface area (Å²) in [6, 6.07) is 6.88. The van der Waals surface area contributed by atoms with E-state index in [2.05, 4.69) is 11.6 Å². The molecule has 1 fully saturated rings. The van der Waals surface area contributed by atoms with Gasteiger partial charge in [-0.25, -0.2) is 13.1 Å². The molecule has 6 heteroatoms. The summed E-state index contributed by atoms with van der Waals surface area (Å²) in [6.07, 6.45) is 2.74. The van der Waals surface area contributed by atoms with Crippen LogP contribution in [0.15, 0.2) is 29.2 Å². The maximum absolute atomic E-state index is 12.3. The topological polar surface area (TPSA) is 55.4 Å². The van der Waals surface area contributed by atoms with Gasteiger partial charge in [-0.05, 0) is 37.0 Å². The third-order valence-electron chi connectivity index (χ3n) is 3.90. The first-order valence-corrected chi connectivity index (χ1v) is 9.34. The molecule has 1 N–H and O–H groups in total. The highest BCUT2D eigenvalue weighted by Crippen LogP contribution is 2.23. The molecule has 1 aliphatic heterocycles. The van der Waals surface area contributed by atoms with E-state index in [0.717, 1.165) is 31.4 Å². The number of rotatable bonds is 7. The quantitative estimate of drug-likeness (QED) is 0.781. The first kappa shape index (κ1) is 16.7. The number of sulfonamides is 1. The molecule has 2 rings (SSSR count). The van der Waals surface area contributed by atoms with Crippen molar-refractivity contribution in [3.8, 4) is 0 Å². The smallest absolute Gasteiger partial charge is 0.240 e. The summed E-state index contributed by atoms with van der Waals surface area (Å²) in [5, 5.41) is 0. The predicted molar refractivity (Wildman–Crippen MR) is 84.2 cm³/mol. The van der Waals surface area contributed by atoms with Crippen molar-refractivity contribution in [3.05, 3.63) is 29.8 Å². The average Bonchev–Trinajstić information content (AvgIpc) is 2.94. The van der Waals surface area contributed by atoms with Crippen molar-refractivity contribution < 1.29 is 13.2 Å². The van der Waals surface area contributed by atoms with Gasteiger partial charge in [0.25, 0.3) is 0 Å². The summed E-state index contributed by atoms with van der Waals surface area (Å²) < 4.78 is 32.8. The summed E-state index contributed by atoms with van der Waals surface area (Å²) in [5.41, 5.74) is 1.04. The molecule has 1 heterocycles. The Hall–Kier alpha value is -0.620. The zero-order chi connectivity index (χ0) is 15.3. The largest absolute Gasteiger partial charge is 0.378 e. The highest BCUT2D eigenvalue weighted by Gasteiger charge is 2.28. The van der Waals surface area contributed by atoms with Crippen molar-refractivity contribution in [1.29, 1.82) is 0 Å². The maximum atomic E-state index is 12.3. The number of benzene rings is 1. The van der Waals surface area contributed by atoms with Gasteiger partial charge >= 0.3 is 0 Å². The van der Waals surface area contributed by atoms with Crippen LogP contribution in [-0.2, 0) is 21.2 Å². The van der Waals surface area contributed by atoms with E-state index in [9.17, 15) is 8.42 Å². The first-order valence-electron chi connectivity index (χ1n) is 7.33. The Bertz CT molecular complexity index is 545. The van der Waals surface area contributed by atoms with Gasteiger partial charge in [-0.2, -0.15) is 0 Å². The van der Waals surface area contributed by atoms with E-state index in [0.29, 0.717) is 17.3 Å². The standard InChI is InChI=1S/C15H22ClNO3S/c1-2-15-13(8-10-20-15)11-17-21(18,19)14-5-3-12(4-6-14)7-9-16/h3-6,13,15,17H,2,7-11H2,1H3. The van der Waals surface area contributed by atoms with Crippen LogP contribution >= 0.6 is 11.6 Å². The summed E-state index contributed by atoms with van der Waals surface area (Å²) >= 11 is 5.67. The number of alkyl halides is 1. The highest BCUT2D eigenvalue weighted by molar-refractivity contribution is 7.89. The summed E-state index contributed by atoms with van der Waals surface area (Å²) in [5.74, 6) is 0.796. The van der Waals surface area contributed by atoms with Gasteiger partial charge < -0.3 is 4.74 Å². The van der Waals surface area contributed by atoms with Gasteiger partial charge in [-0.15, -0.1) is 11.6 Å². The fraction of sp³-hybridized carbons (Fsp3) is 0.600. The first-order chi connectivity index (χ1) is 10.1. The lowest BCUT2D eigenvalue weighted by atomic mass is 10.0. The van der Waals surface area contributed by atoms with Crippen molar-refractivity contribution in [1.82, 2.24) is 4.72 Å². The van der Waals surface area contributed by atoms with Crippen LogP contribution in [0.1, 0.15) is 25.3 Å². The van der Waals surface area contributed by atoms with Crippen LogP contribution in [0.4, 0.5) is 0 Å². The van der Waals surface area contributed by atoms with Gasteiger partial charge in [-0.3, -0.25) is 0 Å². The number of halogens is 1. The molecular weight excluding hydrogens is 310 g/mol. The Kier molecular flexibility index (Phi) is 6.05. The number of ether oxygens (including phenoxy) is 1. The molecule has 118 valence electrons. The van der Waals surface area contributed by atoms with Crippen LogP contribution in [0.25, 0.3) is 0 Å². The van der Waals surface area contributed by atoms with E-state index in [1.165, 1.54) is 0 Å². The number of nitrogens with one attached hydrogen (secondary N) is 1. The summed E-state index contributed by atoms with van der Waals surface area (Å²) in [6.45, 7) is 3.22. The van der Waals surface area contributed by atoms with Crippen molar-refractivity contribution in [3.63, 3.8) is 0 Å². The van der Waals surface area contributed by atoms with E-state index in [1.807, 2.05) is 12.1 Å². The second-order valence-corrected chi connectivity index (χ2v) is 7.45. The molecule has 0 aromatic heterocycles. The van der Waals surface area contributed by atoms with Crippen LogP contribution in [0.2, 0.25) is 0 Å². The predicted octanol–water partition coefficient (Wildman–Crippen LogP) is 2.56. The molecule has 0 radical (unpaired) electrons. The highest BCUT2D eigenvalue weighted by atomic mass is 35.5. The van der Waals surface area contributed by atoms with Crippen LogP contribution in [-0.4, -0.2) is 33.6 Å². The lowest BCUT2D eigenvalue weighted by Gasteiger charge is -2.17. The molecule has 0 saturated carbocycles. The third kappa shape index (κ3) is 4.42. The molecule has 1 aromatic rings. The molecule has 21 heavy (non-hydrogen) atoms. The lowest BCUT2D eigenvalue weighted by Crippen LogP contribution is -2.32. The monoisotopic (exact) mass is 331 g/mol. The molecular formula is C15H22ClNO3S. The number of hydrogen-bond acceptors (Lipinski definition) is 3. The molecule has 0 amide bonds. The Morgan fingerprint density at radius 1 is 1.33 bits per heavy atom. The van der Waals surface area contributed by atoms with Gasteiger partial charge in [-0.1, -0.05) is 19.1 Å². The maximum Gasteiger partial charge on any atom is 0.240 e. The zero-order valence-corrected chi connectivity index (χ0v) is 13.8. The molecule has 0 spiro atoms. The Morgan fingerprint density at radius 3 is 2.67 bits per heavy atom. The van der Waals surface area contributed by atoms with Crippen molar-refractivity contribution in [2.45, 2.75) is 37.2 Å². The average molecular weight is 332 g/mol. The normalized spacial score (nSPS) is 22.6. The SMILES string of the molecule is CCC1OCCC1CNS(=O)(=O)c1ccc(CCCl)cc1. The Labute approximate surface area is 131 Å². The van der Waals surface area contributed by atoms with Gasteiger partial charge in [0, 0.05) is 24.9 Å². The van der Waals surface area contributed by atoms with Crippen LogP contribution in [0, 0.1) is 5.92 Å². The molecule has 2 unspecified atom stereocenters. The lowest BCUT2D eigenvalue weighted by molar-refractivity contribution is 0.0884. The van der Waals surface area contributed by atoms with Crippen molar-refractivity contribution >= 4 is 21.6 Å². The molecule has 0 aliphatic carbocycles. The van der Waals surface area contributed by atoms with E-state index >= 15 is 0 Å². The second-order valence-electron chi connectivity index (χ2n) is 5.30. The Balaban J connectivity index is 1.97. The van der Waals surface area contributed by atoms with Gasteiger partial charge in [0.2, 0.25) is 10.0 Å². The number of hydrogen-bond donors (Lipinski definition) is 1. The summed E-state index contributed by atoms with van der Waals surface area (Å²) in [7, 11) is -3.45. The second kappa shape index (κ2) is 7.58. The zero-order valence-electron chi connectivity index (χ0n) is 12.2. The van der Waals surface area contributed by atoms with Crippen LogP contribution in [0.3, 0.4) is 0 Å². The van der Waals surface area contributed by atoms with E-state index < -0.39 is 10.0 Å². The summed E-state index contributed by atoms with van der Waals surface area (Å²) in [4.78, 5) is 0.299. The molecule has 1 aromatic carbocycles. The third-order valence-corrected chi connectivity index (χ3v) is 5.53. The minimum Gasteiger partial charge on any atom is -0.378 e. The molecule has 0 bridgehead atoms. The van der Waals surface area contributed by atoms with E-state index in [-0.39, 0.29) is 12.0 Å². The van der Waals surface area contributed by atoms with Gasteiger partial charge in [0.1, 0.15) is 0 Å². The van der Waals surface area contributed by atoms with Crippen molar-refractivity contribution in [2.75, 3.05) is 19.0 Å². The minimum atomic E-state index is -3.45. The number of aryl methyl sites for hydroxylation is 1. The van der Waals surface area contributed by atoms with Crippen molar-refractivity contribution in [2.24, 2.45) is 5.92 Å². The fourth-order valence-corrected chi connectivity index (χ4v) is 3.93. The molecule has 1 saturated heterocycles. The fourth-order valence-electron chi connectivity index (χ4n) is 2.62. The van der Waals surface area contributed by atoms with E-state index in [4.69, 9.17) is 16.3 Å². The molecule has 1 aliphatic rings. The van der Waals surface area contributed by atoms with Crippen LogP contribution < -0.4 is 4.72 Å². The minimum absolute atomic E-state index is 0.166.